The Morgan fingerprint density at radius 3 is 2.76 bits per heavy atom. The standard InChI is InChI=1S/C15H19NO3S.Ni/c1-16-12(6-7-13(16)15(18)19)8-9-20-10-11-4-2-3-5-14(11)17;/h2-5,12-13,17H,6-9H2,1H3,(H,18,19);/t12-,13-;/m1./s1. The van der Waals surface area contributed by atoms with Gasteiger partial charge < -0.3 is 0 Å². The van der Waals surface area contributed by atoms with Gasteiger partial charge in [-0.1, -0.05) is 0 Å². The van der Waals surface area contributed by atoms with Crippen LogP contribution in [0.4, 0.5) is 0 Å². The molecule has 2 rings (SSSR count). The SMILES string of the molecule is CN1[C@@H](CCS[C](=[Ni])c2ccccc2O)CC[C@@H]1C(=O)O. The summed E-state index contributed by atoms with van der Waals surface area (Å²) >= 11 is 6.56. The molecular weight excluding hydrogens is 333 g/mol. The molecule has 1 aromatic carbocycles. The third-order valence-corrected chi connectivity index (χ3v) is 5.49. The normalized spacial score (nSPS) is 22.4. The number of phenols is 1. The van der Waals surface area contributed by atoms with Gasteiger partial charge in [0.15, 0.2) is 0 Å². The van der Waals surface area contributed by atoms with Gasteiger partial charge in [0.2, 0.25) is 0 Å². The van der Waals surface area contributed by atoms with E-state index in [2.05, 4.69) is 0 Å². The summed E-state index contributed by atoms with van der Waals surface area (Å²) in [6.45, 7) is 0. The molecule has 0 aromatic heterocycles. The Morgan fingerprint density at radius 2 is 2.14 bits per heavy atom. The molecule has 1 saturated heterocycles. The number of carboxylic acid groups (broad SMARTS) is 1. The van der Waals surface area contributed by atoms with Gasteiger partial charge in [-0.3, -0.25) is 0 Å². The number of benzene rings is 1. The van der Waals surface area contributed by atoms with Crippen LogP contribution in [0.15, 0.2) is 24.3 Å². The number of aromatic hydroxyl groups is 1. The van der Waals surface area contributed by atoms with Crippen LogP contribution in [0.5, 0.6) is 5.75 Å². The topological polar surface area (TPSA) is 60.8 Å². The second-order valence-electron chi connectivity index (χ2n) is 5.15. The molecular formula is C15H19NNiO3S. The van der Waals surface area contributed by atoms with Crippen molar-refractivity contribution < 1.29 is 30.0 Å². The molecule has 21 heavy (non-hydrogen) atoms. The fourth-order valence-electron chi connectivity index (χ4n) is 2.64. The van der Waals surface area contributed by atoms with Gasteiger partial charge in [-0.2, -0.15) is 0 Å². The Labute approximate surface area is 136 Å². The number of hydrogen-bond acceptors (Lipinski definition) is 4. The van der Waals surface area contributed by atoms with Crippen molar-refractivity contribution in [3.63, 3.8) is 0 Å². The molecule has 1 aliphatic heterocycles. The average molecular weight is 352 g/mol. The summed E-state index contributed by atoms with van der Waals surface area (Å²) in [6, 6.07) is 7.04. The van der Waals surface area contributed by atoms with E-state index in [4.69, 9.17) is 20.1 Å². The second-order valence-corrected chi connectivity index (χ2v) is 7.03. The van der Waals surface area contributed by atoms with Gasteiger partial charge in [0.25, 0.3) is 0 Å². The molecule has 0 saturated carbocycles. The fraction of sp³-hybridized carbons (Fsp3) is 0.467. The quantitative estimate of drug-likeness (QED) is 0.768. The molecule has 1 fully saturated rings. The van der Waals surface area contributed by atoms with Crippen LogP contribution in [0.2, 0.25) is 0 Å². The van der Waals surface area contributed by atoms with E-state index in [0.717, 1.165) is 22.4 Å². The molecule has 2 N–H and O–H groups in total. The van der Waals surface area contributed by atoms with E-state index in [1.807, 2.05) is 24.1 Å². The molecule has 4 nitrogen and oxygen atoms in total. The van der Waals surface area contributed by atoms with Crippen molar-refractivity contribution in [2.24, 2.45) is 0 Å². The number of carbonyl (C=O) groups is 1. The van der Waals surface area contributed by atoms with E-state index in [1.165, 1.54) is 0 Å². The molecule has 0 amide bonds. The first kappa shape index (κ1) is 16.5. The average Bonchev–Trinajstić information content (AvgIpc) is 2.81. The molecule has 1 aliphatic rings. The number of aliphatic carboxylic acids is 1. The third-order valence-electron chi connectivity index (χ3n) is 3.90. The molecule has 118 valence electrons. The second kappa shape index (κ2) is 7.43. The third kappa shape index (κ3) is 4.09. The predicted molar refractivity (Wildman–Crippen MR) is 81.5 cm³/mol. The minimum atomic E-state index is -0.736. The summed E-state index contributed by atoms with van der Waals surface area (Å²) in [4.78, 5) is 13.0. The first-order valence-electron chi connectivity index (χ1n) is 6.86. The predicted octanol–water partition coefficient (Wildman–Crippen LogP) is 2.09. The molecule has 0 unspecified atom stereocenters. The van der Waals surface area contributed by atoms with Crippen molar-refractivity contribution in [1.29, 1.82) is 0 Å². The maximum absolute atomic E-state index is 11.1. The van der Waals surface area contributed by atoms with E-state index >= 15 is 0 Å². The number of hydrogen-bond donors (Lipinski definition) is 2. The van der Waals surface area contributed by atoms with E-state index in [0.29, 0.717) is 18.0 Å². The van der Waals surface area contributed by atoms with Gasteiger partial charge in [-0.15, -0.1) is 0 Å². The number of nitrogens with zero attached hydrogens (tertiary/aromatic N) is 1. The van der Waals surface area contributed by atoms with Gasteiger partial charge in [-0.25, -0.2) is 0 Å². The van der Waals surface area contributed by atoms with Crippen LogP contribution >= 0.6 is 11.8 Å². The van der Waals surface area contributed by atoms with Crippen LogP contribution in [0.1, 0.15) is 24.8 Å². The van der Waals surface area contributed by atoms with Crippen molar-refractivity contribution >= 4 is 21.6 Å². The Balaban J connectivity index is 1.81. The summed E-state index contributed by atoms with van der Waals surface area (Å²) in [5.41, 5.74) is 0.714. The van der Waals surface area contributed by atoms with Crippen molar-refractivity contribution in [1.82, 2.24) is 4.90 Å². The van der Waals surface area contributed by atoms with Crippen LogP contribution in [0, 0.1) is 0 Å². The maximum atomic E-state index is 11.1. The van der Waals surface area contributed by atoms with Gasteiger partial charge in [0.05, 0.1) is 0 Å². The summed E-state index contributed by atoms with van der Waals surface area (Å²) in [5, 5.41) is 18.9. The number of likely N-dealkylation sites (tertiary alicyclic amines) is 1. The van der Waals surface area contributed by atoms with Gasteiger partial charge in [0, 0.05) is 0 Å². The first-order chi connectivity index (χ1) is 10.0. The number of phenolic OH excluding ortho intramolecular Hbond substituents is 1. The van der Waals surface area contributed by atoms with Crippen LogP contribution in [-0.2, 0) is 19.8 Å². The summed E-state index contributed by atoms with van der Waals surface area (Å²) in [6.07, 6.45) is 2.54. The van der Waals surface area contributed by atoms with Crippen LogP contribution in [0.25, 0.3) is 0 Å². The Hall–Kier alpha value is -0.836. The molecule has 0 radical (unpaired) electrons. The number of thioether (sulfide) groups is 1. The van der Waals surface area contributed by atoms with Crippen LogP contribution in [-0.4, -0.2) is 49.8 Å². The first-order valence-corrected chi connectivity index (χ1v) is 8.34. The zero-order valence-electron chi connectivity index (χ0n) is 11.8. The monoisotopic (exact) mass is 351 g/mol. The number of carboxylic acids is 1. The van der Waals surface area contributed by atoms with E-state index in [1.54, 1.807) is 23.9 Å². The minimum absolute atomic E-state index is 0.218. The Bertz CT molecular complexity index is 537. The van der Waals surface area contributed by atoms with Crippen molar-refractivity contribution in [3.05, 3.63) is 29.8 Å². The van der Waals surface area contributed by atoms with Crippen LogP contribution in [0.3, 0.4) is 0 Å². The molecule has 0 spiro atoms. The number of rotatable bonds is 6. The summed E-state index contributed by atoms with van der Waals surface area (Å²) < 4.78 is 0.725. The summed E-state index contributed by atoms with van der Waals surface area (Å²) in [5.74, 6) is 0.320. The van der Waals surface area contributed by atoms with Gasteiger partial charge in [-0.05, 0) is 0 Å². The Morgan fingerprint density at radius 1 is 1.43 bits per heavy atom. The van der Waals surface area contributed by atoms with Crippen molar-refractivity contribution in [3.8, 4) is 5.75 Å². The number of para-hydroxylation sites is 1. The fourth-order valence-corrected chi connectivity index (χ4v) is 4.04. The molecule has 0 bridgehead atoms. The van der Waals surface area contributed by atoms with Crippen molar-refractivity contribution in [2.75, 3.05) is 12.8 Å². The Kier molecular flexibility index (Phi) is 5.85. The van der Waals surface area contributed by atoms with Crippen molar-refractivity contribution in [2.45, 2.75) is 31.3 Å². The molecule has 1 aromatic rings. The van der Waals surface area contributed by atoms with Crippen LogP contribution < -0.4 is 0 Å². The van der Waals surface area contributed by atoms with E-state index in [-0.39, 0.29) is 11.8 Å². The summed E-state index contributed by atoms with van der Waals surface area (Å²) in [7, 11) is 1.88. The van der Waals surface area contributed by atoms with E-state index in [9.17, 15) is 9.90 Å². The zero-order chi connectivity index (χ0) is 15.4. The van der Waals surface area contributed by atoms with Gasteiger partial charge in [0.1, 0.15) is 0 Å². The molecule has 1 heterocycles. The van der Waals surface area contributed by atoms with Gasteiger partial charge >= 0.3 is 136 Å². The zero-order valence-corrected chi connectivity index (χ0v) is 13.6. The molecule has 2 atom stereocenters. The number of likely N-dealkylation sites (N-methyl/N-ethyl adjacent to an activating group) is 1. The molecule has 6 heteroatoms. The van der Waals surface area contributed by atoms with E-state index < -0.39 is 5.97 Å². The molecule has 0 aliphatic carbocycles.